The van der Waals surface area contributed by atoms with E-state index in [2.05, 4.69) is 15.5 Å². The molecule has 7 heteroatoms. The van der Waals surface area contributed by atoms with Gasteiger partial charge in [-0.2, -0.15) is 5.10 Å². The second-order valence-electron chi connectivity index (χ2n) is 6.10. The summed E-state index contributed by atoms with van der Waals surface area (Å²) < 4.78 is 5.04. The van der Waals surface area contributed by atoms with Crippen molar-refractivity contribution in [3.8, 4) is 11.3 Å². The summed E-state index contributed by atoms with van der Waals surface area (Å²) in [7, 11) is 3.87. The number of ether oxygens (including phenoxy) is 1. The predicted molar refractivity (Wildman–Crippen MR) is 104 cm³/mol. The monoisotopic (exact) mass is 364 g/mol. The molecule has 0 saturated heterocycles. The number of aromatic amines is 1. The van der Waals surface area contributed by atoms with Crippen LogP contribution in [-0.4, -0.2) is 42.8 Å². The minimum Gasteiger partial charge on any atom is -0.451 e. The summed E-state index contributed by atoms with van der Waals surface area (Å²) in [5, 5.41) is 9.41. The van der Waals surface area contributed by atoms with Gasteiger partial charge in [0.25, 0.3) is 5.91 Å². The molecule has 1 amide bonds. The number of nitrogens with zero attached hydrogens (tertiary/aromatic N) is 2. The maximum absolute atomic E-state index is 12.1. The summed E-state index contributed by atoms with van der Waals surface area (Å²) in [4.78, 5) is 26.0. The Morgan fingerprint density at radius 3 is 2.44 bits per heavy atom. The average molecular weight is 364 g/mol. The fourth-order valence-electron chi connectivity index (χ4n) is 2.43. The number of benzene rings is 2. The molecule has 0 radical (unpaired) electrons. The summed E-state index contributed by atoms with van der Waals surface area (Å²) >= 11 is 0. The van der Waals surface area contributed by atoms with E-state index < -0.39 is 11.9 Å². The molecule has 0 atom stereocenters. The fourth-order valence-corrected chi connectivity index (χ4v) is 2.43. The van der Waals surface area contributed by atoms with E-state index in [1.54, 1.807) is 18.2 Å². The van der Waals surface area contributed by atoms with Gasteiger partial charge in [0.05, 0.1) is 5.69 Å². The molecular weight excluding hydrogens is 344 g/mol. The SMILES string of the molecule is CN(C)c1ccc(NC(=O)COC(=O)c2cc(-c3ccccc3)n[nH]2)cc1. The van der Waals surface area contributed by atoms with Gasteiger partial charge in [0.2, 0.25) is 0 Å². The van der Waals surface area contributed by atoms with Crippen molar-refractivity contribution in [2.45, 2.75) is 0 Å². The third-order valence-electron chi connectivity index (χ3n) is 3.87. The lowest BCUT2D eigenvalue weighted by Crippen LogP contribution is -2.21. The predicted octanol–water partition coefficient (Wildman–Crippen LogP) is 2.94. The zero-order chi connectivity index (χ0) is 19.2. The minimum absolute atomic E-state index is 0.192. The first-order valence-corrected chi connectivity index (χ1v) is 8.38. The van der Waals surface area contributed by atoms with Crippen molar-refractivity contribution < 1.29 is 14.3 Å². The summed E-state index contributed by atoms with van der Waals surface area (Å²) in [6.45, 7) is -0.381. The van der Waals surface area contributed by atoms with Crippen LogP contribution in [0.25, 0.3) is 11.3 Å². The van der Waals surface area contributed by atoms with Crippen molar-refractivity contribution in [1.29, 1.82) is 0 Å². The third-order valence-corrected chi connectivity index (χ3v) is 3.87. The molecule has 0 saturated carbocycles. The van der Waals surface area contributed by atoms with E-state index in [4.69, 9.17) is 4.74 Å². The molecule has 0 unspecified atom stereocenters. The van der Waals surface area contributed by atoms with Crippen molar-refractivity contribution in [2.24, 2.45) is 0 Å². The van der Waals surface area contributed by atoms with Crippen LogP contribution in [0.5, 0.6) is 0 Å². The van der Waals surface area contributed by atoms with Crippen LogP contribution in [0.4, 0.5) is 11.4 Å². The van der Waals surface area contributed by atoms with E-state index in [0.717, 1.165) is 11.3 Å². The number of aromatic nitrogens is 2. The van der Waals surface area contributed by atoms with Crippen LogP contribution in [0.3, 0.4) is 0 Å². The highest BCUT2D eigenvalue weighted by molar-refractivity contribution is 5.95. The number of carbonyl (C=O) groups is 2. The first kappa shape index (κ1) is 18.2. The highest BCUT2D eigenvalue weighted by Gasteiger charge is 2.14. The quantitative estimate of drug-likeness (QED) is 0.657. The number of H-pyrrole nitrogens is 1. The van der Waals surface area contributed by atoms with E-state index in [-0.39, 0.29) is 12.3 Å². The summed E-state index contributed by atoms with van der Waals surface area (Å²) in [6.07, 6.45) is 0. The van der Waals surface area contributed by atoms with Crippen molar-refractivity contribution in [3.05, 3.63) is 66.4 Å². The van der Waals surface area contributed by atoms with Gasteiger partial charge >= 0.3 is 5.97 Å². The molecule has 0 aliphatic heterocycles. The topological polar surface area (TPSA) is 87.3 Å². The van der Waals surface area contributed by atoms with Gasteiger partial charge in [-0.1, -0.05) is 30.3 Å². The highest BCUT2D eigenvalue weighted by atomic mass is 16.5. The number of rotatable bonds is 6. The molecule has 0 bridgehead atoms. The largest absolute Gasteiger partial charge is 0.451 e. The first-order valence-electron chi connectivity index (χ1n) is 8.38. The summed E-state index contributed by atoms with van der Waals surface area (Å²) in [5.74, 6) is -1.05. The zero-order valence-corrected chi connectivity index (χ0v) is 15.1. The maximum atomic E-state index is 12.1. The molecule has 1 aromatic heterocycles. The number of esters is 1. The Bertz CT molecular complexity index is 918. The summed E-state index contributed by atoms with van der Waals surface area (Å²) in [5.41, 5.74) is 3.36. The lowest BCUT2D eigenvalue weighted by atomic mass is 10.1. The van der Waals surface area contributed by atoms with Crippen molar-refractivity contribution in [2.75, 3.05) is 30.9 Å². The van der Waals surface area contributed by atoms with Crippen molar-refractivity contribution >= 4 is 23.3 Å². The third kappa shape index (κ3) is 4.72. The van der Waals surface area contributed by atoms with Gasteiger partial charge in [-0.15, -0.1) is 0 Å². The van der Waals surface area contributed by atoms with Gasteiger partial charge < -0.3 is 15.0 Å². The molecular formula is C20H20N4O3. The normalized spacial score (nSPS) is 10.3. The van der Waals surface area contributed by atoms with E-state index in [1.165, 1.54) is 0 Å². The molecule has 1 heterocycles. The van der Waals surface area contributed by atoms with Gasteiger partial charge in [0.1, 0.15) is 5.69 Å². The van der Waals surface area contributed by atoms with Gasteiger partial charge in [-0.3, -0.25) is 9.89 Å². The number of carbonyl (C=O) groups excluding carboxylic acids is 2. The van der Waals surface area contributed by atoms with Crippen molar-refractivity contribution in [3.63, 3.8) is 0 Å². The molecule has 2 N–H and O–H groups in total. The van der Waals surface area contributed by atoms with E-state index in [0.29, 0.717) is 11.4 Å². The lowest BCUT2D eigenvalue weighted by Gasteiger charge is -2.13. The summed E-state index contributed by atoms with van der Waals surface area (Å²) in [6, 6.07) is 18.4. The minimum atomic E-state index is -0.636. The number of nitrogens with one attached hydrogen (secondary N) is 2. The molecule has 0 spiro atoms. The second-order valence-corrected chi connectivity index (χ2v) is 6.10. The molecule has 2 aromatic carbocycles. The molecule has 3 aromatic rings. The first-order chi connectivity index (χ1) is 13.0. The number of anilines is 2. The Labute approximate surface area is 157 Å². The molecule has 7 nitrogen and oxygen atoms in total. The number of hydrogen-bond donors (Lipinski definition) is 2. The van der Waals surface area contributed by atoms with Crippen LogP contribution in [0.2, 0.25) is 0 Å². The second kappa shape index (κ2) is 8.18. The lowest BCUT2D eigenvalue weighted by molar-refractivity contribution is -0.119. The van der Waals surface area contributed by atoms with Crippen LogP contribution in [0.15, 0.2) is 60.7 Å². The molecule has 138 valence electrons. The smallest absolute Gasteiger partial charge is 0.356 e. The van der Waals surface area contributed by atoms with E-state index >= 15 is 0 Å². The molecule has 3 rings (SSSR count). The molecule has 0 aliphatic carbocycles. The van der Waals surface area contributed by atoms with Crippen LogP contribution in [0.1, 0.15) is 10.5 Å². The van der Waals surface area contributed by atoms with E-state index in [9.17, 15) is 9.59 Å². The van der Waals surface area contributed by atoms with Crippen LogP contribution in [0, 0.1) is 0 Å². The molecule has 27 heavy (non-hydrogen) atoms. The Balaban J connectivity index is 1.53. The standard InChI is InChI=1S/C20H20N4O3/c1-24(2)16-10-8-15(9-11-16)21-19(25)13-27-20(26)18-12-17(22-23-18)14-6-4-3-5-7-14/h3-12H,13H2,1-2H3,(H,21,25)(H,22,23). The van der Waals surface area contributed by atoms with Gasteiger partial charge in [-0.25, -0.2) is 4.79 Å². The Morgan fingerprint density at radius 2 is 1.78 bits per heavy atom. The van der Waals surface area contributed by atoms with Crippen LogP contribution >= 0.6 is 0 Å². The zero-order valence-electron chi connectivity index (χ0n) is 15.1. The Morgan fingerprint density at radius 1 is 1.07 bits per heavy atom. The van der Waals surface area contributed by atoms with E-state index in [1.807, 2.05) is 61.5 Å². The van der Waals surface area contributed by atoms with Crippen molar-refractivity contribution in [1.82, 2.24) is 10.2 Å². The van der Waals surface area contributed by atoms with Gasteiger partial charge in [0.15, 0.2) is 6.61 Å². The van der Waals surface area contributed by atoms with Crippen LogP contribution < -0.4 is 10.2 Å². The van der Waals surface area contributed by atoms with Gasteiger partial charge in [-0.05, 0) is 30.3 Å². The fraction of sp³-hybridized carbons (Fsp3) is 0.150. The maximum Gasteiger partial charge on any atom is 0.356 e. The number of amides is 1. The molecule has 0 fully saturated rings. The highest BCUT2D eigenvalue weighted by Crippen LogP contribution is 2.17. The number of hydrogen-bond acceptors (Lipinski definition) is 5. The average Bonchev–Trinajstić information content (AvgIpc) is 3.17. The Hall–Kier alpha value is -3.61. The van der Waals surface area contributed by atoms with Gasteiger partial charge in [0, 0.05) is 31.0 Å². The Kier molecular flexibility index (Phi) is 5.51. The molecule has 0 aliphatic rings. The van der Waals surface area contributed by atoms with Crippen LogP contribution in [-0.2, 0) is 9.53 Å².